The van der Waals surface area contributed by atoms with Crippen LogP contribution in [0, 0.1) is 5.82 Å². The lowest BCUT2D eigenvalue weighted by atomic mass is 10.1. The van der Waals surface area contributed by atoms with Crippen molar-refractivity contribution in [3.63, 3.8) is 0 Å². The third-order valence-corrected chi connectivity index (χ3v) is 4.98. The van der Waals surface area contributed by atoms with Crippen LogP contribution in [0.15, 0.2) is 47.5 Å². The van der Waals surface area contributed by atoms with E-state index in [9.17, 15) is 14.0 Å². The highest BCUT2D eigenvalue weighted by molar-refractivity contribution is 6.38. The maximum absolute atomic E-state index is 13.1. The molecule has 3 rings (SSSR count). The molecule has 0 N–H and O–H groups in total. The zero-order valence-electron chi connectivity index (χ0n) is 14.6. The standard InChI is InChI=1S/C19H16Cl2FN3O2/c1-11(12-3-5-14(22)6-4-12)24(2)17(26)9-25-10-23-18-15(19(25)27)7-13(20)8-16(18)21/h3-8,10-11H,9H2,1-2H3. The van der Waals surface area contributed by atoms with Crippen molar-refractivity contribution in [1.82, 2.24) is 14.5 Å². The number of fused-ring (bicyclic) bond motifs is 1. The summed E-state index contributed by atoms with van der Waals surface area (Å²) in [5.74, 6) is -0.630. The van der Waals surface area contributed by atoms with Crippen molar-refractivity contribution in [2.45, 2.75) is 19.5 Å². The van der Waals surface area contributed by atoms with E-state index in [4.69, 9.17) is 23.2 Å². The number of halogens is 3. The molecule has 0 aliphatic rings. The van der Waals surface area contributed by atoms with Gasteiger partial charge in [-0.05, 0) is 36.8 Å². The molecule has 1 heterocycles. The number of rotatable bonds is 4. The van der Waals surface area contributed by atoms with Gasteiger partial charge in [-0.3, -0.25) is 14.2 Å². The molecule has 0 aliphatic heterocycles. The summed E-state index contributed by atoms with van der Waals surface area (Å²) in [6.07, 6.45) is 1.29. The molecule has 1 aromatic heterocycles. The van der Waals surface area contributed by atoms with Gasteiger partial charge in [0.25, 0.3) is 5.56 Å². The summed E-state index contributed by atoms with van der Waals surface area (Å²) >= 11 is 12.0. The molecule has 0 bridgehead atoms. The highest BCUT2D eigenvalue weighted by Crippen LogP contribution is 2.24. The van der Waals surface area contributed by atoms with Gasteiger partial charge in [0.2, 0.25) is 5.91 Å². The first kappa shape index (κ1) is 19.3. The maximum Gasteiger partial charge on any atom is 0.261 e. The molecule has 1 amide bonds. The lowest BCUT2D eigenvalue weighted by molar-refractivity contribution is -0.132. The molecule has 1 unspecified atom stereocenters. The molecule has 8 heteroatoms. The van der Waals surface area contributed by atoms with Gasteiger partial charge in [0, 0.05) is 12.1 Å². The Kier molecular flexibility index (Phi) is 5.48. The minimum Gasteiger partial charge on any atom is -0.337 e. The number of aromatic nitrogens is 2. The SMILES string of the molecule is CC(c1ccc(F)cc1)N(C)C(=O)Cn1cnc2c(Cl)cc(Cl)cc2c1=O. The van der Waals surface area contributed by atoms with Crippen molar-refractivity contribution in [3.8, 4) is 0 Å². The van der Waals surface area contributed by atoms with Crippen LogP contribution in [0.2, 0.25) is 10.0 Å². The summed E-state index contributed by atoms with van der Waals surface area (Å²) in [4.78, 5) is 31.0. The monoisotopic (exact) mass is 407 g/mol. The van der Waals surface area contributed by atoms with E-state index in [-0.39, 0.29) is 34.7 Å². The van der Waals surface area contributed by atoms with Gasteiger partial charge in [-0.15, -0.1) is 0 Å². The molecule has 140 valence electrons. The van der Waals surface area contributed by atoms with Crippen LogP contribution >= 0.6 is 23.2 Å². The fourth-order valence-electron chi connectivity index (χ4n) is 2.75. The Balaban J connectivity index is 1.86. The Morgan fingerprint density at radius 2 is 1.93 bits per heavy atom. The van der Waals surface area contributed by atoms with E-state index < -0.39 is 5.56 Å². The van der Waals surface area contributed by atoms with Crippen LogP contribution in [0.4, 0.5) is 4.39 Å². The molecule has 2 aromatic carbocycles. The zero-order chi connectivity index (χ0) is 19.7. The van der Waals surface area contributed by atoms with Gasteiger partial charge in [-0.2, -0.15) is 0 Å². The Morgan fingerprint density at radius 3 is 2.59 bits per heavy atom. The Bertz CT molecular complexity index is 1070. The summed E-state index contributed by atoms with van der Waals surface area (Å²) in [6.45, 7) is 1.64. The summed E-state index contributed by atoms with van der Waals surface area (Å²) in [6, 6.07) is 8.63. The smallest absolute Gasteiger partial charge is 0.261 e. The van der Waals surface area contributed by atoms with Gasteiger partial charge in [-0.1, -0.05) is 35.3 Å². The van der Waals surface area contributed by atoms with E-state index in [0.29, 0.717) is 10.5 Å². The number of amides is 1. The fourth-order valence-corrected chi connectivity index (χ4v) is 3.29. The van der Waals surface area contributed by atoms with Crippen molar-refractivity contribution in [2.24, 2.45) is 0 Å². The molecule has 0 saturated heterocycles. The van der Waals surface area contributed by atoms with Crippen LogP contribution in [-0.2, 0) is 11.3 Å². The van der Waals surface area contributed by atoms with Crippen molar-refractivity contribution in [3.05, 3.63) is 74.5 Å². The van der Waals surface area contributed by atoms with E-state index in [1.54, 1.807) is 19.2 Å². The lowest BCUT2D eigenvalue weighted by Crippen LogP contribution is -2.35. The summed E-state index contributed by atoms with van der Waals surface area (Å²) < 4.78 is 14.3. The number of nitrogens with zero attached hydrogens (tertiary/aromatic N) is 3. The van der Waals surface area contributed by atoms with Crippen molar-refractivity contribution >= 4 is 40.0 Å². The number of carbonyl (C=O) groups excluding carboxylic acids is 1. The predicted octanol–water partition coefficient (Wildman–Crippen LogP) is 4.06. The first-order valence-electron chi connectivity index (χ1n) is 8.13. The minimum absolute atomic E-state index is 0.187. The third kappa shape index (κ3) is 3.96. The second-order valence-electron chi connectivity index (χ2n) is 6.19. The average Bonchev–Trinajstić information content (AvgIpc) is 2.63. The topological polar surface area (TPSA) is 55.2 Å². The second kappa shape index (κ2) is 7.66. The molecular formula is C19H16Cl2FN3O2. The highest BCUT2D eigenvalue weighted by atomic mass is 35.5. The van der Waals surface area contributed by atoms with Gasteiger partial charge in [0.15, 0.2) is 0 Å². The van der Waals surface area contributed by atoms with Crippen LogP contribution in [0.25, 0.3) is 10.9 Å². The molecular weight excluding hydrogens is 392 g/mol. The van der Waals surface area contributed by atoms with Crippen molar-refractivity contribution in [1.29, 1.82) is 0 Å². The van der Waals surface area contributed by atoms with Gasteiger partial charge in [-0.25, -0.2) is 9.37 Å². The number of carbonyl (C=O) groups is 1. The summed E-state index contributed by atoms with van der Waals surface area (Å²) in [7, 11) is 1.63. The van der Waals surface area contributed by atoms with Crippen LogP contribution in [0.5, 0.6) is 0 Å². The highest BCUT2D eigenvalue weighted by Gasteiger charge is 2.19. The van der Waals surface area contributed by atoms with Gasteiger partial charge >= 0.3 is 0 Å². The van der Waals surface area contributed by atoms with Crippen molar-refractivity contribution < 1.29 is 9.18 Å². The van der Waals surface area contributed by atoms with E-state index >= 15 is 0 Å². The summed E-state index contributed by atoms with van der Waals surface area (Å²) in [5, 5.41) is 0.838. The van der Waals surface area contributed by atoms with Crippen LogP contribution in [0.1, 0.15) is 18.5 Å². The van der Waals surface area contributed by atoms with E-state index in [1.165, 1.54) is 40.1 Å². The molecule has 1 atom stereocenters. The molecule has 0 saturated carbocycles. The molecule has 5 nitrogen and oxygen atoms in total. The molecule has 0 spiro atoms. The second-order valence-corrected chi connectivity index (χ2v) is 7.04. The minimum atomic E-state index is -0.402. The first-order chi connectivity index (χ1) is 12.8. The zero-order valence-corrected chi connectivity index (χ0v) is 16.1. The number of likely N-dealkylation sites (N-methyl/N-ethyl adjacent to an activating group) is 1. The Labute approximate surface area is 164 Å². The van der Waals surface area contributed by atoms with Crippen LogP contribution in [0.3, 0.4) is 0 Å². The summed E-state index contributed by atoms with van der Waals surface area (Å²) in [5.41, 5.74) is 0.721. The fraction of sp³-hybridized carbons (Fsp3) is 0.211. The first-order valence-corrected chi connectivity index (χ1v) is 8.89. The molecule has 0 fully saturated rings. The van der Waals surface area contributed by atoms with E-state index in [1.807, 2.05) is 6.92 Å². The van der Waals surface area contributed by atoms with Crippen molar-refractivity contribution in [2.75, 3.05) is 7.05 Å². The lowest BCUT2D eigenvalue weighted by Gasteiger charge is -2.25. The normalized spacial score (nSPS) is 12.2. The van der Waals surface area contributed by atoms with Crippen LogP contribution in [-0.4, -0.2) is 27.4 Å². The Hall–Kier alpha value is -2.44. The molecule has 27 heavy (non-hydrogen) atoms. The van der Waals surface area contributed by atoms with Gasteiger partial charge in [0.05, 0.1) is 28.3 Å². The maximum atomic E-state index is 13.1. The number of hydrogen-bond donors (Lipinski definition) is 0. The predicted molar refractivity (Wildman–Crippen MR) is 104 cm³/mol. The molecule has 0 radical (unpaired) electrons. The van der Waals surface area contributed by atoms with Gasteiger partial charge in [0.1, 0.15) is 12.4 Å². The third-order valence-electron chi connectivity index (χ3n) is 4.48. The largest absolute Gasteiger partial charge is 0.337 e. The van der Waals surface area contributed by atoms with Crippen LogP contribution < -0.4 is 5.56 Å². The van der Waals surface area contributed by atoms with E-state index in [0.717, 1.165) is 5.56 Å². The molecule has 0 aliphatic carbocycles. The average molecular weight is 408 g/mol. The number of benzene rings is 2. The quantitative estimate of drug-likeness (QED) is 0.654. The number of hydrogen-bond acceptors (Lipinski definition) is 3. The Morgan fingerprint density at radius 1 is 1.26 bits per heavy atom. The van der Waals surface area contributed by atoms with Gasteiger partial charge < -0.3 is 4.90 Å². The van der Waals surface area contributed by atoms with E-state index in [2.05, 4.69) is 4.98 Å². The molecule has 3 aromatic rings.